The van der Waals surface area contributed by atoms with Gasteiger partial charge >= 0.3 is 0 Å². The van der Waals surface area contributed by atoms with Crippen molar-refractivity contribution in [2.24, 2.45) is 16.5 Å². The Balaban J connectivity index is 1.43. The summed E-state index contributed by atoms with van der Waals surface area (Å²) in [7, 11) is 0. The van der Waals surface area contributed by atoms with Crippen molar-refractivity contribution in [1.29, 1.82) is 0 Å². The number of anilines is 1. The van der Waals surface area contributed by atoms with Gasteiger partial charge in [0.15, 0.2) is 5.96 Å². The van der Waals surface area contributed by atoms with Crippen LogP contribution in [0.4, 0.5) is 10.8 Å². The number of carbonyl (C=O) groups is 1. The van der Waals surface area contributed by atoms with Crippen molar-refractivity contribution in [3.63, 3.8) is 0 Å². The van der Waals surface area contributed by atoms with Gasteiger partial charge in [-0.15, -0.1) is 11.3 Å². The summed E-state index contributed by atoms with van der Waals surface area (Å²) in [4.78, 5) is 20.9. The number of nitrogens with two attached hydrogens (primary N) is 2. The van der Waals surface area contributed by atoms with Gasteiger partial charge in [-0.3, -0.25) is 4.79 Å². The monoisotopic (exact) mass is 413 g/mol. The number of hydrogen-bond donors (Lipinski definition) is 3. The van der Waals surface area contributed by atoms with Crippen LogP contribution < -0.4 is 16.8 Å². The molecule has 0 aliphatic carbocycles. The fraction of sp³-hybridized carbons (Fsp3) is 0. The first-order valence-electron chi connectivity index (χ1n) is 9.21. The van der Waals surface area contributed by atoms with Crippen LogP contribution >= 0.6 is 11.3 Å². The number of nitrogens with zero attached hydrogens (tertiary/aromatic N) is 2. The lowest BCUT2D eigenvalue weighted by atomic mass is 10.0. The predicted molar refractivity (Wildman–Crippen MR) is 123 cm³/mol. The predicted octanol–water partition coefficient (Wildman–Crippen LogP) is 4.63. The fourth-order valence-corrected chi connectivity index (χ4v) is 3.65. The molecule has 148 valence electrons. The van der Waals surface area contributed by atoms with E-state index in [0.29, 0.717) is 16.4 Å². The number of thiazole rings is 1. The zero-order chi connectivity index (χ0) is 20.9. The molecule has 1 aromatic heterocycles. The number of carbonyl (C=O) groups excluding carboxylic acids is 1. The first kappa shape index (κ1) is 19.4. The van der Waals surface area contributed by atoms with Crippen LogP contribution in [0.2, 0.25) is 0 Å². The van der Waals surface area contributed by atoms with Gasteiger partial charge in [-0.25, -0.2) is 4.98 Å². The molecule has 6 nitrogen and oxygen atoms in total. The summed E-state index contributed by atoms with van der Waals surface area (Å²) in [5.41, 5.74) is 15.9. The standard InChI is InChI=1S/C23H19N5OS/c24-22(25)28-23-27-20(14-30-23)17-10-12-19(13-11-17)26-21(29)18-8-6-16(7-9-18)15-4-2-1-3-5-15/h1-14H,(H,26,29)(H4,24,25,27,28). The van der Waals surface area contributed by atoms with Crippen LogP contribution in [0.25, 0.3) is 22.4 Å². The molecule has 3 aromatic carbocycles. The number of benzene rings is 3. The van der Waals surface area contributed by atoms with Crippen LogP contribution in [0.15, 0.2) is 89.2 Å². The molecular weight excluding hydrogens is 394 g/mol. The topological polar surface area (TPSA) is 106 Å². The van der Waals surface area contributed by atoms with Crippen molar-refractivity contribution in [2.75, 3.05) is 5.32 Å². The lowest BCUT2D eigenvalue weighted by Crippen LogP contribution is -2.21. The average molecular weight is 414 g/mol. The van der Waals surface area contributed by atoms with E-state index in [4.69, 9.17) is 11.5 Å². The minimum atomic E-state index is -0.161. The largest absolute Gasteiger partial charge is 0.370 e. The molecule has 0 saturated heterocycles. The molecule has 0 unspecified atom stereocenters. The highest BCUT2D eigenvalue weighted by Gasteiger charge is 2.08. The van der Waals surface area contributed by atoms with E-state index < -0.39 is 0 Å². The zero-order valence-electron chi connectivity index (χ0n) is 15.9. The maximum Gasteiger partial charge on any atom is 0.255 e. The number of aliphatic imine (C=N–C) groups is 1. The van der Waals surface area contributed by atoms with E-state index in [1.165, 1.54) is 11.3 Å². The maximum atomic E-state index is 12.6. The van der Waals surface area contributed by atoms with Gasteiger partial charge in [0.1, 0.15) is 0 Å². The Morgan fingerprint density at radius 3 is 2.13 bits per heavy atom. The molecule has 4 aromatic rings. The van der Waals surface area contributed by atoms with E-state index in [0.717, 1.165) is 22.4 Å². The summed E-state index contributed by atoms with van der Waals surface area (Å²) in [6.07, 6.45) is 0. The van der Waals surface area contributed by atoms with Crippen molar-refractivity contribution in [3.8, 4) is 22.4 Å². The van der Waals surface area contributed by atoms with Crippen LogP contribution in [0.1, 0.15) is 10.4 Å². The Bertz CT molecular complexity index is 1180. The van der Waals surface area contributed by atoms with Crippen molar-refractivity contribution >= 4 is 34.0 Å². The van der Waals surface area contributed by atoms with Gasteiger partial charge in [0, 0.05) is 22.2 Å². The summed E-state index contributed by atoms with van der Waals surface area (Å²) in [6, 6.07) is 25.1. The lowest BCUT2D eigenvalue weighted by Gasteiger charge is -2.07. The normalized spacial score (nSPS) is 10.4. The van der Waals surface area contributed by atoms with E-state index in [1.54, 1.807) is 0 Å². The number of amides is 1. The highest BCUT2D eigenvalue weighted by atomic mass is 32.1. The van der Waals surface area contributed by atoms with Gasteiger partial charge in [0.2, 0.25) is 5.13 Å². The third kappa shape index (κ3) is 4.53. The van der Waals surface area contributed by atoms with E-state index in [1.807, 2.05) is 84.2 Å². The van der Waals surface area contributed by atoms with Crippen molar-refractivity contribution in [1.82, 2.24) is 4.98 Å². The Kier molecular flexibility index (Phi) is 5.54. The summed E-state index contributed by atoms with van der Waals surface area (Å²) in [5.74, 6) is -0.183. The Hall–Kier alpha value is -3.97. The fourth-order valence-electron chi connectivity index (χ4n) is 2.93. The average Bonchev–Trinajstić information content (AvgIpc) is 3.23. The minimum absolute atomic E-state index is 0.0224. The van der Waals surface area contributed by atoms with Crippen molar-refractivity contribution in [2.45, 2.75) is 0 Å². The molecular formula is C23H19N5OS. The Morgan fingerprint density at radius 1 is 0.833 bits per heavy atom. The first-order chi connectivity index (χ1) is 14.6. The van der Waals surface area contributed by atoms with Crippen LogP contribution in [-0.2, 0) is 0 Å². The van der Waals surface area contributed by atoms with E-state index in [9.17, 15) is 4.79 Å². The number of guanidine groups is 1. The van der Waals surface area contributed by atoms with Gasteiger partial charge in [0.25, 0.3) is 5.91 Å². The van der Waals surface area contributed by atoms with Gasteiger partial charge in [-0.05, 0) is 35.4 Å². The Morgan fingerprint density at radius 2 is 1.47 bits per heavy atom. The highest BCUT2D eigenvalue weighted by Crippen LogP contribution is 2.27. The molecule has 0 radical (unpaired) electrons. The van der Waals surface area contributed by atoms with Crippen LogP contribution in [0.5, 0.6) is 0 Å². The first-order valence-corrected chi connectivity index (χ1v) is 10.1. The second-order valence-electron chi connectivity index (χ2n) is 6.53. The third-order valence-corrected chi connectivity index (χ3v) is 5.14. The lowest BCUT2D eigenvalue weighted by molar-refractivity contribution is 0.102. The summed E-state index contributed by atoms with van der Waals surface area (Å²) in [6.45, 7) is 0. The van der Waals surface area contributed by atoms with Gasteiger partial charge < -0.3 is 16.8 Å². The quantitative estimate of drug-likeness (QED) is 0.327. The molecule has 1 amide bonds. The minimum Gasteiger partial charge on any atom is -0.370 e. The van der Waals surface area contributed by atoms with Gasteiger partial charge in [0.05, 0.1) is 5.69 Å². The second kappa shape index (κ2) is 8.59. The zero-order valence-corrected chi connectivity index (χ0v) is 16.8. The van der Waals surface area contributed by atoms with E-state index in [-0.39, 0.29) is 11.9 Å². The van der Waals surface area contributed by atoms with Crippen LogP contribution in [-0.4, -0.2) is 16.9 Å². The maximum absolute atomic E-state index is 12.6. The molecule has 4 rings (SSSR count). The van der Waals surface area contributed by atoms with Crippen LogP contribution in [0.3, 0.4) is 0 Å². The van der Waals surface area contributed by atoms with Crippen molar-refractivity contribution < 1.29 is 4.79 Å². The molecule has 0 spiro atoms. The molecule has 1 heterocycles. The second-order valence-corrected chi connectivity index (χ2v) is 7.36. The van der Waals surface area contributed by atoms with Crippen molar-refractivity contribution in [3.05, 3.63) is 89.8 Å². The summed E-state index contributed by atoms with van der Waals surface area (Å²) in [5, 5.41) is 5.30. The molecule has 0 fully saturated rings. The van der Waals surface area contributed by atoms with E-state index >= 15 is 0 Å². The number of hydrogen-bond acceptors (Lipinski definition) is 4. The number of aromatic nitrogens is 1. The summed E-state index contributed by atoms with van der Waals surface area (Å²) < 4.78 is 0. The number of nitrogens with one attached hydrogen (secondary N) is 1. The molecule has 5 N–H and O–H groups in total. The molecule has 0 atom stereocenters. The molecule has 7 heteroatoms. The summed E-state index contributed by atoms with van der Waals surface area (Å²) >= 11 is 1.36. The molecule has 0 aliphatic rings. The molecule has 0 saturated carbocycles. The smallest absolute Gasteiger partial charge is 0.255 e. The Labute approximate surface area is 177 Å². The third-order valence-electron chi connectivity index (χ3n) is 4.41. The molecule has 30 heavy (non-hydrogen) atoms. The SMILES string of the molecule is NC(N)=Nc1nc(-c2ccc(NC(=O)c3ccc(-c4ccccc4)cc3)cc2)cs1. The van der Waals surface area contributed by atoms with E-state index in [2.05, 4.69) is 15.3 Å². The number of rotatable bonds is 5. The molecule has 0 aliphatic heterocycles. The van der Waals surface area contributed by atoms with Gasteiger partial charge in [-0.1, -0.05) is 54.6 Å². The highest BCUT2D eigenvalue weighted by molar-refractivity contribution is 7.13. The molecule has 0 bridgehead atoms. The van der Waals surface area contributed by atoms with Crippen LogP contribution in [0, 0.1) is 0 Å². The van der Waals surface area contributed by atoms with Gasteiger partial charge in [-0.2, -0.15) is 4.99 Å².